The minimum absolute atomic E-state index is 0.595. The number of benzene rings is 2. The van der Waals surface area contributed by atoms with Crippen molar-refractivity contribution in [3.8, 4) is 24.3 Å². The monoisotopic (exact) mass is 633 g/mol. The number of rotatable bonds is 3. The molecule has 1 saturated carbocycles. The molecule has 1 aliphatic rings. The molecule has 1 fully saturated rings. The third-order valence-electron chi connectivity index (χ3n) is 6.63. The second-order valence-electron chi connectivity index (χ2n) is 8.96. The smallest absolute Gasteiger partial charge is 0.203 e. The Morgan fingerprint density at radius 2 is 0.733 bits per heavy atom. The Kier molecular flexibility index (Phi) is 7.98. The number of hydrogen-bond donors (Lipinski definition) is 0. The van der Waals surface area contributed by atoms with Crippen LogP contribution < -0.4 is 0 Å². The van der Waals surface area contributed by atoms with Crippen molar-refractivity contribution in [2.24, 2.45) is 0 Å². The van der Waals surface area contributed by atoms with Gasteiger partial charge in [-0.05, 0) is 13.8 Å². The summed E-state index contributed by atoms with van der Waals surface area (Å²) in [5.41, 5.74) is -17.6. The normalized spacial score (nSPS) is 14.3. The van der Waals surface area contributed by atoms with Gasteiger partial charge in [-0.2, -0.15) is 25.4 Å². The molecule has 0 radical (unpaired) electrons. The summed E-state index contributed by atoms with van der Waals surface area (Å²) in [6.45, 7) is 1.19. The van der Waals surface area contributed by atoms with Gasteiger partial charge < -0.3 is 0 Å². The molecule has 1 heterocycles. The van der Waals surface area contributed by atoms with Gasteiger partial charge in [0, 0.05) is 27.8 Å². The maximum absolute atomic E-state index is 15.1. The van der Waals surface area contributed by atoms with Gasteiger partial charge in [-0.3, -0.25) is 0 Å². The zero-order valence-corrected chi connectivity index (χ0v) is 21.9. The number of allylic oxidation sites excluding steroid dienone is 6. The quantitative estimate of drug-likeness (QED) is 0.130. The molecule has 0 atom stereocenters. The summed E-state index contributed by atoms with van der Waals surface area (Å²) < 4.78 is 162. The van der Waals surface area contributed by atoms with Crippen LogP contribution in [-0.2, 0) is 0 Å². The van der Waals surface area contributed by atoms with E-state index in [1.807, 2.05) is 0 Å². The van der Waals surface area contributed by atoms with Crippen LogP contribution in [-0.4, -0.2) is 4.98 Å². The molecule has 4 rings (SSSR count). The SMILES string of the molecule is Cc1c(F)c(F)c(C(C#N)=C2C(=C(C#N)c3c(F)c(F)nc(C#N)c3F)C2=C(C#N)c2c(F)c(F)c(C)c(F)c2F)c(F)c1F. The molecule has 0 amide bonds. The van der Waals surface area contributed by atoms with E-state index in [4.69, 9.17) is 5.26 Å². The van der Waals surface area contributed by atoms with Crippen LogP contribution in [0.4, 0.5) is 48.3 Å². The molecule has 1 aromatic heterocycles. The average Bonchev–Trinajstić information content (AvgIpc) is 3.74. The summed E-state index contributed by atoms with van der Waals surface area (Å²) in [4.78, 5) is 2.68. The second kappa shape index (κ2) is 11.3. The van der Waals surface area contributed by atoms with Crippen LogP contribution >= 0.6 is 0 Å². The highest BCUT2D eigenvalue weighted by molar-refractivity contribution is 6.12. The predicted octanol–water partition coefficient (Wildman–Crippen LogP) is 7.35. The fraction of sp³-hybridized carbons (Fsp3) is 0.0690. The molecule has 0 bridgehead atoms. The molecule has 3 aromatic rings. The van der Waals surface area contributed by atoms with Gasteiger partial charge in [0.15, 0.2) is 63.9 Å². The van der Waals surface area contributed by atoms with E-state index in [2.05, 4.69) is 4.98 Å². The van der Waals surface area contributed by atoms with E-state index in [0.29, 0.717) is 13.8 Å². The minimum Gasteiger partial charge on any atom is -0.203 e. The molecule has 0 unspecified atom stereocenters. The first-order valence-corrected chi connectivity index (χ1v) is 11.7. The van der Waals surface area contributed by atoms with Gasteiger partial charge in [-0.15, -0.1) is 0 Å². The zero-order chi connectivity index (χ0) is 33.8. The van der Waals surface area contributed by atoms with Crippen molar-refractivity contribution in [2.45, 2.75) is 13.8 Å². The molecule has 224 valence electrons. The van der Waals surface area contributed by atoms with Crippen LogP contribution in [0, 0.1) is 123 Å². The first-order chi connectivity index (χ1) is 21.1. The third kappa shape index (κ3) is 4.55. The molecule has 0 aliphatic heterocycles. The summed E-state index contributed by atoms with van der Waals surface area (Å²) in [5.74, 6) is -23.7. The highest BCUT2D eigenvalue weighted by Crippen LogP contribution is 2.57. The van der Waals surface area contributed by atoms with E-state index >= 15 is 4.39 Å². The molecule has 0 saturated heterocycles. The highest BCUT2D eigenvalue weighted by atomic mass is 19.2. The van der Waals surface area contributed by atoms with Gasteiger partial charge >= 0.3 is 0 Å². The van der Waals surface area contributed by atoms with Gasteiger partial charge in [0.05, 0.1) is 33.4 Å². The number of pyridine rings is 1. The van der Waals surface area contributed by atoms with Crippen LogP contribution in [0.15, 0.2) is 16.7 Å². The van der Waals surface area contributed by atoms with Gasteiger partial charge in [0.2, 0.25) is 0 Å². The average molecular weight is 633 g/mol. The molecule has 45 heavy (non-hydrogen) atoms. The third-order valence-corrected chi connectivity index (χ3v) is 6.63. The molecule has 2 aromatic carbocycles. The fourth-order valence-corrected chi connectivity index (χ4v) is 4.38. The van der Waals surface area contributed by atoms with E-state index in [1.165, 1.54) is 0 Å². The summed E-state index contributed by atoms with van der Waals surface area (Å²) in [6, 6.07) is 4.35. The second-order valence-corrected chi connectivity index (χ2v) is 8.96. The lowest BCUT2D eigenvalue weighted by molar-refractivity contribution is 0.442. The summed E-state index contributed by atoms with van der Waals surface area (Å²) in [6.07, 6.45) is 0. The van der Waals surface area contributed by atoms with Crippen molar-refractivity contribution in [1.82, 2.24) is 4.98 Å². The first-order valence-electron chi connectivity index (χ1n) is 11.7. The number of hydrogen-bond acceptors (Lipinski definition) is 5. The van der Waals surface area contributed by atoms with Crippen molar-refractivity contribution >= 4 is 16.7 Å². The van der Waals surface area contributed by atoms with Gasteiger partial charge in [0.25, 0.3) is 5.95 Å². The lowest BCUT2D eigenvalue weighted by Gasteiger charge is -2.09. The van der Waals surface area contributed by atoms with Crippen LogP contribution in [0.3, 0.4) is 0 Å². The minimum atomic E-state index is -2.28. The van der Waals surface area contributed by atoms with E-state index in [-0.39, 0.29) is 0 Å². The Labute approximate surface area is 243 Å². The molecular weight excluding hydrogens is 627 g/mol. The number of halogens is 11. The van der Waals surface area contributed by atoms with Crippen molar-refractivity contribution in [3.63, 3.8) is 0 Å². The van der Waals surface area contributed by atoms with Gasteiger partial charge in [-0.1, -0.05) is 0 Å². The maximum atomic E-state index is 15.1. The van der Waals surface area contributed by atoms with Crippen LogP contribution in [0.1, 0.15) is 33.5 Å². The molecule has 0 spiro atoms. The number of aromatic nitrogens is 1. The molecule has 5 nitrogen and oxygen atoms in total. The summed E-state index contributed by atoms with van der Waals surface area (Å²) >= 11 is 0. The Morgan fingerprint density at radius 3 is 1.00 bits per heavy atom. The van der Waals surface area contributed by atoms with Gasteiger partial charge in [0.1, 0.15) is 24.3 Å². The Balaban J connectivity index is 2.36. The maximum Gasteiger partial charge on any atom is 0.251 e. The van der Waals surface area contributed by atoms with Gasteiger partial charge in [-0.25, -0.2) is 48.9 Å². The topological polar surface area (TPSA) is 108 Å². The van der Waals surface area contributed by atoms with Crippen LogP contribution in [0.2, 0.25) is 0 Å². The number of nitriles is 4. The molecular formula is C29H6F11N5. The standard InChI is InChI=1S/C29H6F11N5/c1-7-19(30)24(35)17(25(36)20(7)31)10(4-42)14-13(9(3-41)16-23(34)12(6-44)45-29(40)28(16)39)15(14)11(5-43)18-26(37)21(32)8(2)22(33)27(18)38/h1-2H3. The van der Waals surface area contributed by atoms with Crippen molar-refractivity contribution < 1.29 is 48.3 Å². The first kappa shape index (κ1) is 31.9. The highest BCUT2D eigenvalue weighted by Gasteiger charge is 2.45. The summed E-state index contributed by atoms with van der Waals surface area (Å²) in [7, 11) is 0. The van der Waals surface area contributed by atoms with Crippen LogP contribution in [0.5, 0.6) is 0 Å². The van der Waals surface area contributed by atoms with E-state index < -0.39 is 131 Å². The van der Waals surface area contributed by atoms with E-state index in [9.17, 15) is 59.7 Å². The van der Waals surface area contributed by atoms with Crippen molar-refractivity contribution in [1.29, 1.82) is 21.0 Å². The fourth-order valence-electron chi connectivity index (χ4n) is 4.38. The lowest BCUT2D eigenvalue weighted by Crippen LogP contribution is -2.06. The molecule has 16 heteroatoms. The Bertz CT molecular complexity index is 2020. The van der Waals surface area contributed by atoms with Crippen molar-refractivity contribution in [3.05, 3.63) is 114 Å². The van der Waals surface area contributed by atoms with Crippen LogP contribution in [0.25, 0.3) is 16.7 Å². The Morgan fingerprint density at radius 1 is 0.444 bits per heavy atom. The van der Waals surface area contributed by atoms with E-state index in [1.54, 1.807) is 0 Å². The number of nitrogens with zero attached hydrogens (tertiary/aromatic N) is 5. The zero-order valence-electron chi connectivity index (χ0n) is 21.9. The van der Waals surface area contributed by atoms with Crippen molar-refractivity contribution in [2.75, 3.05) is 0 Å². The summed E-state index contributed by atoms with van der Waals surface area (Å²) in [5, 5.41) is 38.5. The Hall–Kier alpha value is -6.00. The largest absolute Gasteiger partial charge is 0.251 e. The molecule has 0 N–H and O–H groups in total. The lowest BCUT2D eigenvalue weighted by atomic mass is 9.99. The molecule has 1 aliphatic carbocycles. The van der Waals surface area contributed by atoms with E-state index in [0.717, 1.165) is 24.3 Å². The predicted molar refractivity (Wildman–Crippen MR) is 128 cm³/mol.